The Morgan fingerprint density at radius 3 is 2.74 bits per heavy atom. The van der Waals surface area contributed by atoms with Gasteiger partial charge in [0.05, 0.1) is 5.52 Å². The smallest absolute Gasteiger partial charge is 0.224 e. The third-order valence-electron chi connectivity index (χ3n) is 2.65. The summed E-state index contributed by atoms with van der Waals surface area (Å²) in [5, 5.41) is 4.21. The molecular weight excluding hydrogens is 264 g/mol. The van der Waals surface area contributed by atoms with Crippen molar-refractivity contribution >= 4 is 34.2 Å². The number of carbonyl (C=O) groups excluding carboxylic acids is 1. The van der Waals surface area contributed by atoms with Crippen molar-refractivity contribution in [2.24, 2.45) is 5.73 Å². The maximum Gasteiger partial charge on any atom is 0.224 e. The highest BCUT2D eigenvalue weighted by Gasteiger charge is 2.22. The molecule has 0 aliphatic heterocycles. The number of anilines is 1. The van der Waals surface area contributed by atoms with E-state index in [1.165, 1.54) is 0 Å². The number of hydrogen-bond donors (Lipinski definition) is 2. The van der Waals surface area contributed by atoms with Crippen molar-refractivity contribution in [1.29, 1.82) is 0 Å². The van der Waals surface area contributed by atoms with Crippen LogP contribution in [-0.4, -0.2) is 21.4 Å². The molecule has 0 bridgehead atoms. The molecule has 0 saturated carbocycles. The first kappa shape index (κ1) is 13.5. The maximum absolute atomic E-state index is 11.1. The molecule has 2 aromatic rings. The van der Waals surface area contributed by atoms with Crippen LogP contribution in [0.15, 0.2) is 24.3 Å². The quantitative estimate of drug-likeness (QED) is 0.841. The Morgan fingerprint density at radius 1 is 1.37 bits per heavy atom. The van der Waals surface area contributed by atoms with Crippen molar-refractivity contribution in [1.82, 2.24) is 9.97 Å². The molecule has 0 aliphatic carbocycles. The molecule has 3 N–H and O–H groups in total. The largest absolute Gasteiger partial charge is 0.370 e. The molecule has 1 heterocycles. The first-order valence-corrected chi connectivity index (χ1v) is 6.24. The maximum atomic E-state index is 11.1. The van der Waals surface area contributed by atoms with Gasteiger partial charge in [0, 0.05) is 17.3 Å². The van der Waals surface area contributed by atoms with Crippen molar-refractivity contribution in [3.63, 3.8) is 0 Å². The number of amides is 1. The number of rotatable bonds is 4. The molecule has 0 spiro atoms. The van der Waals surface area contributed by atoms with Crippen molar-refractivity contribution in [2.45, 2.75) is 25.8 Å². The average molecular weight is 279 g/mol. The Kier molecular flexibility index (Phi) is 3.57. The molecular formula is C13H15ClN4O. The van der Waals surface area contributed by atoms with E-state index >= 15 is 0 Å². The van der Waals surface area contributed by atoms with Crippen molar-refractivity contribution < 1.29 is 4.79 Å². The highest BCUT2D eigenvalue weighted by Crippen LogP contribution is 2.25. The minimum absolute atomic E-state index is 0.163. The number of nitrogens with one attached hydrogen (secondary N) is 1. The lowest BCUT2D eigenvalue weighted by Gasteiger charge is -2.26. The summed E-state index contributed by atoms with van der Waals surface area (Å²) in [6, 6.07) is 7.53. The van der Waals surface area contributed by atoms with E-state index in [1.807, 2.05) is 38.1 Å². The summed E-state index contributed by atoms with van der Waals surface area (Å²) in [5.74, 6) is 0.226. The number of para-hydroxylation sites is 1. The number of carbonyl (C=O) groups is 1. The van der Waals surface area contributed by atoms with Crippen LogP contribution in [0.1, 0.15) is 20.3 Å². The molecule has 0 unspecified atom stereocenters. The van der Waals surface area contributed by atoms with E-state index < -0.39 is 5.54 Å². The normalized spacial score (nSPS) is 11.5. The number of primary amides is 1. The van der Waals surface area contributed by atoms with E-state index in [-0.39, 0.29) is 17.6 Å². The second-order valence-corrected chi connectivity index (χ2v) is 5.35. The Hall–Kier alpha value is -1.88. The fourth-order valence-electron chi connectivity index (χ4n) is 1.94. The fourth-order valence-corrected chi connectivity index (χ4v) is 2.12. The van der Waals surface area contributed by atoms with Gasteiger partial charge in [0.1, 0.15) is 5.82 Å². The highest BCUT2D eigenvalue weighted by atomic mass is 35.5. The summed E-state index contributed by atoms with van der Waals surface area (Å²) in [6.45, 7) is 3.76. The molecule has 19 heavy (non-hydrogen) atoms. The van der Waals surface area contributed by atoms with E-state index in [0.29, 0.717) is 5.82 Å². The summed E-state index contributed by atoms with van der Waals surface area (Å²) in [7, 11) is 0. The summed E-state index contributed by atoms with van der Waals surface area (Å²) >= 11 is 5.90. The summed E-state index contributed by atoms with van der Waals surface area (Å²) in [4.78, 5) is 19.4. The van der Waals surface area contributed by atoms with Gasteiger partial charge in [-0.05, 0) is 37.6 Å². The van der Waals surface area contributed by atoms with Crippen LogP contribution in [0, 0.1) is 0 Å². The van der Waals surface area contributed by atoms with Crippen molar-refractivity contribution in [3.8, 4) is 0 Å². The number of fused-ring (bicyclic) bond motifs is 1. The molecule has 1 aromatic heterocycles. The molecule has 0 radical (unpaired) electrons. The monoisotopic (exact) mass is 278 g/mol. The third kappa shape index (κ3) is 3.32. The van der Waals surface area contributed by atoms with E-state index in [1.54, 1.807) is 0 Å². The Morgan fingerprint density at radius 2 is 2.05 bits per heavy atom. The number of hydrogen-bond acceptors (Lipinski definition) is 4. The summed E-state index contributed by atoms with van der Waals surface area (Å²) < 4.78 is 0. The molecule has 1 amide bonds. The number of nitrogens with zero attached hydrogens (tertiary/aromatic N) is 2. The number of halogens is 1. The van der Waals surface area contributed by atoms with Crippen LogP contribution >= 0.6 is 11.6 Å². The van der Waals surface area contributed by atoms with Gasteiger partial charge >= 0.3 is 0 Å². The van der Waals surface area contributed by atoms with E-state index in [0.717, 1.165) is 10.9 Å². The number of aromatic nitrogens is 2. The van der Waals surface area contributed by atoms with Gasteiger partial charge in [-0.3, -0.25) is 4.79 Å². The van der Waals surface area contributed by atoms with Gasteiger partial charge in [0.25, 0.3) is 0 Å². The zero-order valence-corrected chi connectivity index (χ0v) is 11.5. The topological polar surface area (TPSA) is 80.9 Å². The van der Waals surface area contributed by atoms with Crippen LogP contribution in [0.25, 0.3) is 10.9 Å². The second kappa shape index (κ2) is 5.01. The average Bonchev–Trinajstić information content (AvgIpc) is 2.26. The lowest BCUT2D eigenvalue weighted by molar-refractivity contribution is -0.118. The third-order valence-corrected chi connectivity index (χ3v) is 2.82. The van der Waals surface area contributed by atoms with Crippen LogP contribution in [0.3, 0.4) is 0 Å². The molecule has 0 fully saturated rings. The van der Waals surface area contributed by atoms with Gasteiger partial charge in [0.2, 0.25) is 11.2 Å². The van der Waals surface area contributed by atoms with Crippen LogP contribution < -0.4 is 11.1 Å². The Balaban J connectivity index is 2.42. The Labute approximate surface area is 116 Å². The number of nitrogens with two attached hydrogens (primary N) is 1. The molecule has 0 atom stereocenters. The molecule has 0 saturated heterocycles. The van der Waals surface area contributed by atoms with Crippen LogP contribution in [0.2, 0.25) is 5.28 Å². The second-order valence-electron chi connectivity index (χ2n) is 5.01. The van der Waals surface area contributed by atoms with E-state index in [9.17, 15) is 4.79 Å². The van der Waals surface area contributed by atoms with E-state index in [2.05, 4.69) is 15.3 Å². The molecule has 1 aromatic carbocycles. The molecule has 100 valence electrons. The van der Waals surface area contributed by atoms with Crippen LogP contribution in [0.5, 0.6) is 0 Å². The molecule has 5 nitrogen and oxygen atoms in total. The van der Waals surface area contributed by atoms with Crippen molar-refractivity contribution in [3.05, 3.63) is 29.5 Å². The van der Waals surface area contributed by atoms with Gasteiger partial charge in [-0.2, -0.15) is 0 Å². The fraction of sp³-hybridized carbons (Fsp3) is 0.308. The predicted molar refractivity (Wildman–Crippen MR) is 76.1 cm³/mol. The zero-order chi connectivity index (χ0) is 14.0. The lowest BCUT2D eigenvalue weighted by Crippen LogP contribution is -2.36. The Bertz CT molecular complexity index is 627. The molecule has 2 rings (SSSR count). The molecule has 6 heteroatoms. The van der Waals surface area contributed by atoms with Gasteiger partial charge in [-0.25, -0.2) is 9.97 Å². The SMILES string of the molecule is CC(C)(CC(N)=O)Nc1nc(Cl)nc2ccccc12. The first-order valence-electron chi connectivity index (χ1n) is 5.86. The van der Waals surface area contributed by atoms with Crippen molar-refractivity contribution in [2.75, 3.05) is 5.32 Å². The molecule has 0 aliphatic rings. The predicted octanol–water partition coefficient (Wildman–Crippen LogP) is 2.35. The van der Waals surface area contributed by atoms with Gasteiger partial charge < -0.3 is 11.1 Å². The van der Waals surface area contributed by atoms with Gasteiger partial charge in [-0.1, -0.05) is 12.1 Å². The lowest BCUT2D eigenvalue weighted by atomic mass is 10.00. The van der Waals surface area contributed by atoms with Gasteiger partial charge in [0.15, 0.2) is 0 Å². The number of benzene rings is 1. The zero-order valence-electron chi connectivity index (χ0n) is 10.8. The first-order chi connectivity index (χ1) is 8.87. The minimum atomic E-state index is -0.508. The van der Waals surface area contributed by atoms with Crippen LogP contribution in [-0.2, 0) is 4.79 Å². The highest BCUT2D eigenvalue weighted by molar-refractivity contribution is 6.28. The minimum Gasteiger partial charge on any atom is -0.370 e. The standard InChI is InChI=1S/C13H15ClN4O/c1-13(2,7-10(15)19)18-11-8-5-3-4-6-9(8)16-12(14)17-11/h3-6H,7H2,1-2H3,(H2,15,19)(H,16,17,18). The summed E-state index contributed by atoms with van der Waals surface area (Å²) in [6.07, 6.45) is 0.197. The van der Waals surface area contributed by atoms with Crippen LogP contribution in [0.4, 0.5) is 5.82 Å². The van der Waals surface area contributed by atoms with Gasteiger partial charge in [-0.15, -0.1) is 0 Å². The van der Waals surface area contributed by atoms with E-state index in [4.69, 9.17) is 17.3 Å². The summed E-state index contributed by atoms with van der Waals surface area (Å²) in [5.41, 5.74) is 5.48.